The maximum absolute atomic E-state index is 4.75. The minimum Gasteiger partial charge on any atom is -0.450 e. The van der Waals surface area contributed by atoms with Crippen LogP contribution in [0.4, 0.5) is 0 Å². The van der Waals surface area contributed by atoms with Gasteiger partial charge in [-0.3, -0.25) is 4.40 Å². The maximum Gasteiger partial charge on any atom is 0.318 e. The molecule has 0 aliphatic carbocycles. The van der Waals surface area contributed by atoms with Crippen LogP contribution in [0, 0.1) is 3.57 Å². The Bertz CT molecular complexity index is 1200. The number of hydrogen-bond donors (Lipinski definition) is 0. The molecule has 0 bridgehead atoms. The van der Waals surface area contributed by atoms with Gasteiger partial charge in [-0.15, -0.1) is 0 Å². The number of benzene rings is 2. The molecule has 102 valence electrons. The third-order valence-electron chi connectivity index (χ3n) is 4.18. The number of imidazole rings is 1. The van der Waals surface area contributed by atoms with Crippen LogP contribution in [0.5, 0.6) is 0 Å². The first-order valence-corrected chi connectivity index (χ1v) is 8.58. The van der Waals surface area contributed by atoms with Crippen LogP contribution in [0.15, 0.2) is 54.6 Å². The topological polar surface area (TPSA) is 22.2 Å². The van der Waals surface area contributed by atoms with Crippen LogP contribution in [0.1, 0.15) is 0 Å². The molecule has 22 heavy (non-hydrogen) atoms. The van der Waals surface area contributed by atoms with Gasteiger partial charge in [-0.2, -0.15) is 0 Å². The van der Waals surface area contributed by atoms with E-state index in [2.05, 4.69) is 95.6 Å². The first-order valence-electron chi connectivity index (χ1n) is 6.99. The molecular formula is C17H9AlIN3. The summed E-state index contributed by atoms with van der Waals surface area (Å²) in [6.07, 6.45) is 0. The molecule has 0 spiro atoms. The minimum atomic E-state index is 0.991. The second-order valence-corrected chi connectivity index (χ2v) is 7.15. The Morgan fingerprint density at radius 3 is 2.64 bits per heavy atom. The maximum atomic E-state index is 4.75. The number of hydrogen-bond acceptors (Lipinski definition) is 1. The zero-order valence-electron chi connectivity index (χ0n) is 11.5. The number of fused-ring (bicyclic) bond motifs is 7. The van der Waals surface area contributed by atoms with Gasteiger partial charge in [0.2, 0.25) is 0 Å². The molecule has 0 unspecified atom stereocenters. The van der Waals surface area contributed by atoms with E-state index < -0.39 is 0 Å². The van der Waals surface area contributed by atoms with Crippen molar-refractivity contribution < 1.29 is 0 Å². The number of aromatic nitrogens is 3. The van der Waals surface area contributed by atoms with Crippen molar-refractivity contribution in [3.8, 4) is 0 Å². The number of pyridine rings is 1. The van der Waals surface area contributed by atoms with Gasteiger partial charge in [-0.05, 0) is 65.1 Å². The van der Waals surface area contributed by atoms with Crippen LogP contribution in [-0.4, -0.2) is 29.4 Å². The molecule has 0 fully saturated rings. The lowest BCUT2D eigenvalue weighted by Crippen LogP contribution is -1.91. The van der Waals surface area contributed by atoms with E-state index in [-0.39, 0.29) is 0 Å². The van der Waals surface area contributed by atoms with Crippen LogP contribution in [0.2, 0.25) is 0 Å². The average molecular weight is 409 g/mol. The van der Waals surface area contributed by atoms with E-state index in [1.54, 1.807) is 0 Å². The average Bonchev–Trinajstić information content (AvgIpc) is 3.03. The van der Waals surface area contributed by atoms with Crippen LogP contribution in [-0.2, 0) is 0 Å². The summed E-state index contributed by atoms with van der Waals surface area (Å²) >= 11 is 5.19. The number of halogens is 1. The normalized spacial score (nSPS) is 12.0. The summed E-state index contributed by atoms with van der Waals surface area (Å²) in [6, 6.07) is 19.1. The Kier molecular flexibility index (Phi) is 2.64. The zero-order chi connectivity index (χ0) is 14.8. The second kappa shape index (κ2) is 4.48. The summed E-state index contributed by atoms with van der Waals surface area (Å²) in [5.41, 5.74) is 6.80. The SMILES string of the molecule is [Al][n]1c2ccc(I)cc2c2c1ccc1nc3ccccc3n12. The molecule has 5 rings (SSSR count). The molecule has 2 radical (unpaired) electrons. The molecule has 0 aliphatic rings. The van der Waals surface area contributed by atoms with Gasteiger partial charge in [0.05, 0.1) is 16.6 Å². The molecule has 2 aromatic carbocycles. The number of para-hydroxylation sites is 2. The van der Waals surface area contributed by atoms with E-state index in [0.29, 0.717) is 0 Å². The highest BCUT2D eigenvalue weighted by atomic mass is 127. The molecule has 3 aromatic heterocycles. The summed E-state index contributed by atoms with van der Waals surface area (Å²) in [5.74, 6) is 0. The van der Waals surface area contributed by atoms with E-state index >= 15 is 0 Å². The van der Waals surface area contributed by atoms with Crippen molar-refractivity contribution in [3.05, 3.63) is 58.2 Å². The van der Waals surface area contributed by atoms with Gasteiger partial charge < -0.3 is 3.55 Å². The van der Waals surface area contributed by atoms with Crippen LogP contribution < -0.4 is 0 Å². The lowest BCUT2D eigenvalue weighted by atomic mass is 10.2. The number of nitrogens with zero attached hydrogens (tertiary/aromatic N) is 3. The summed E-state index contributed by atoms with van der Waals surface area (Å²) < 4.78 is 5.68. The first kappa shape index (κ1) is 12.9. The van der Waals surface area contributed by atoms with Crippen molar-refractivity contribution in [1.82, 2.24) is 12.9 Å². The highest BCUT2D eigenvalue weighted by molar-refractivity contribution is 14.1. The molecule has 0 saturated heterocycles. The highest BCUT2D eigenvalue weighted by Crippen LogP contribution is 2.32. The Morgan fingerprint density at radius 1 is 0.909 bits per heavy atom. The van der Waals surface area contributed by atoms with Gasteiger partial charge in [0.1, 0.15) is 5.65 Å². The monoisotopic (exact) mass is 409 g/mol. The third kappa shape index (κ3) is 1.59. The van der Waals surface area contributed by atoms with E-state index in [9.17, 15) is 0 Å². The van der Waals surface area contributed by atoms with E-state index in [4.69, 9.17) is 4.98 Å². The van der Waals surface area contributed by atoms with E-state index in [0.717, 1.165) is 16.7 Å². The fourth-order valence-electron chi connectivity index (χ4n) is 3.23. The van der Waals surface area contributed by atoms with Gasteiger partial charge in [0.15, 0.2) is 0 Å². The van der Waals surface area contributed by atoms with Crippen LogP contribution in [0.25, 0.3) is 38.6 Å². The quantitative estimate of drug-likeness (QED) is 0.279. The molecule has 3 nitrogen and oxygen atoms in total. The first-order chi connectivity index (χ1) is 10.7. The highest BCUT2D eigenvalue weighted by Gasteiger charge is 2.13. The molecule has 3 heterocycles. The largest absolute Gasteiger partial charge is 0.450 e. The van der Waals surface area contributed by atoms with Crippen molar-refractivity contribution in [2.75, 3.05) is 0 Å². The van der Waals surface area contributed by atoms with Crippen molar-refractivity contribution in [2.45, 2.75) is 0 Å². The van der Waals surface area contributed by atoms with Gasteiger partial charge in [0, 0.05) is 20.0 Å². The fraction of sp³-hybridized carbons (Fsp3) is 0. The molecule has 5 heteroatoms. The van der Waals surface area contributed by atoms with Crippen molar-refractivity contribution in [3.63, 3.8) is 0 Å². The Labute approximate surface area is 148 Å². The lowest BCUT2D eigenvalue weighted by molar-refractivity contribution is 1.29. The van der Waals surface area contributed by atoms with E-state index in [1.807, 2.05) is 6.07 Å². The van der Waals surface area contributed by atoms with E-state index in [1.165, 1.54) is 25.5 Å². The molecule has 0 aliphatic heterocycles. The van der Waals surface area contributed by atoms with Gasteiger partial charge >= 0.3 is 16.5 Å². The minimum absolute atomic E-state index is 0.991. The van der Waals surface area contributed by atoms with Gasteiger partial charge in [-0.1, -0.05) is 12.1 Å². The smallest absolute Gasteiger partial charge is 0.318 e. The number of rotatable bonds is 0. The molecule has 0 atom stereocenters. The molecule has 0 amide bonds. The molecule has 0 saturated carbocycles. The summed E-state index contributed by atoms with van der Waals surface area (Å²) in [5, 5.41) is 1.26. The van der Waals surface area contributed by atoms with Crippen molar-refractivity contribution in [1.29, 1.82) is 0 Å². The molecule has 0 N–H and O–H groups in total. The third-order valence-corrected chi connectivity index (χ3v) is 5.40. The zero-order valence-corrected chi connectivity index (χ0v) is 14.8. The molecular weight excluding hydrogens is 400 g/mol. The summed E-state index contributed by atoms with van der Waals surface area (Å²) in [6.45, 7) is 0. The predicted octanol–water partition coefficient (Wildman–Crippen LogP) is 4.13. The fourth-order valence-corrected chi connectivity index (χ4v) is 4.15. The van der Waals surface area contributed by atoms with Crippen LogP contribution in [0.3, 0.4) is 0 Å². The Hall–Kier alpha value is -1.55. The molecule has 5 aromatic rings. The summed E-state index contributed by atoms with van der Waals surface area (Å²) in [7, 11) is 0. The van der Waals surface area contributed by atoms with Crippen molar-refractivity contribution in [2.24, 2.45) is 0 Å². The summed E-state index contributed by atoms with van der Waals surface area (Å²) in [4.78, 5) is 4.75. The standard InChI is InChI=1S/C17H9IN3.Al/c18-10-5-6-12-11(9-10)17-14(19-12)7-8-16-20-13-3-1-2-4-15(13)21(16)17;/h1-9H;/q-1;+1. The van der Waals surface area contributed by atoms with Crippen molar-refractivity contribution >= 4 is 77.7 Å². The Morgan fingerprint density at radius 2 is 1.73 bits per heavy atom. The van der Waals surface area contributed by atoms with Crippen LogP contribution >= 0.6 is 22.6 Å². The Balaban J connectivity index is 2.18. The van der Waals surface area contributed by atoms with Gasteiger partial charge in [-0.25, -0.2) is 4.98 Å². The second-order valence-electron chi connectivity index (χ2n) is 5.39. The lowest BCUT2D eigenvalue weighted by Gasteiger charge is -2.01. The predicted molar refractivity (Wildman–Crippen MR) is 99.6 cm³/mol. The van der Waals surface area contributed by atoms with Gasteiger partial charge in [0.25, 0.3) is 0 Å².